The summed E-state index contributed by atoms with van der Waals surface area (Å²) in [5, 5.41) is 4.95. The molecule has 0 atom stereocenters. The van der Waals surface area contributed by atoms with Crippen molar-refractivity contribution in [1.29, 1.82) is 0 Å². The summed E-state index contributed by atoms with van der Waals surface area (Å²) in [5.74, 6) is 1.94. The van der Waals surface area contributed by atoms with Crippen molar-refractivity contribution in [3.05, 3.63) is 218 Å². The van der Waals surface area contributed by atoms with Crippen molar-refractivity contribution in [2.24, 2.45) is 0 Å². The van der Waals surface area contributed by atoms with Gasteiger partial charge in [-0.1, -0.05) is 188 Å². The van der Waals surface area contributed by atoms with Gasteiger partial charge in [-0.2, -0.15) is 0 Å². The van der Waals surface area contributed by atoms with Gasteiger partial charge in [0.15, 0.2) is 17.5 Å². The van der Waals surface area contributed by atoms with Crippen molar-refractivity contribution >= 4 is 53.3 Å². The number of para-hydroxylation sites is 3. The summed E-state index contributed by atoms with van der Waals surface area (Å²) in [6.45, 7) is 0. The quantitative estimate of drug-likeness (QED) is 0.161. The summed E-state index contributed by atoms with van der Waals surface area (Å²) in [6.07, 6.45) is 0. The Bertz CT molecular complexity index is 3610. The molecule has 3 aromatic heterocycles. The van der Waals surface area contributed by atoms with Crippen LogP contribution >= 0.6 is 11.3 Å². The molecule has 5 heteroatoms. The molecule has 4 nitrogen and oxygen atoms in total. The molecule has 62 heavy (non-hydrogen) atoms. The number of benzene rings is 9. The molecule has 12 aromatic rings. The van der Waals surface area contributed by atoms with Crippen molar-refractivity contribution in [1.82, 2.24) is 19.5 Å². The highest BCUT2D eigenvalue weighted by molar-refractivity contribution is 7.26. The van der Waals surface area contributed by atoms with Gasteiger partial charge in [0.2, 0.25) is 0 Å². The van der Waals surface area contributed by atoms with Gasteiger partial charge in [0.1, 0.15) is 0 Å². The molecule has 0 unspecified atom stereocenters. The highest BCUT2D eigenvalue weighted by atomic mass is 32.1. The van der Waals surface area contributed by atoms with Crippen LogP contribution in [-0.2, 0) is 0 Å². The van der Waals surface area contributed by atoms with Crippen molar-refractivity contribution in [2.45, 2.75) is 0 Å². The van der Waals surface area contributed by atoms with Gasteiger partial charge >= 0.3 is 0 Å². The normalized spacial score (nSPS) is 11.5. The summed E-state index contributed by atoms with van der Waals surface area (Å²) < 4.78 is 4.85. The van der Waals surface area contributed by atoms with Crippen LogP contribution in [0.5, 0.6) is 0 Å². The molecular formula is C57H36N4S. The van der Waals surface area contributed by atoms with Gasteiger partial charge in [-0.15, -0.1) is 11.3 Å². The number of nitrogens with zero attached hydrogens (tertiary/aromatic N) is 4. The maximum atomic E-state index is 5.12. The van der Waals surface area contributed by atoms with Gasteiger partial charge in [0.05, 0.1) is 11.0 Å². The van der Waals surface area contributed by atoms with E-state index in [1.165, 1.54) is 69.8 Å². The third kappa shape index (κ3) is 6.09. The van der Waals surface area contributed by atoms with Crippen LogP contribution in [0.3, 0.4) is 0 Å². The molecule has 3 heterocycles. The zero-order chi connectivity index (χ0) is 41.0. The van der Waals surface area contributed by atoms with E-state index in [9.17, 15) is 0 Å². The largest absolute Gasteiger partial charge is 0.309 e. The number of thiophene rings is 1. The summed E-state index contributed by atoms with van der Waals surface area (Å²) in [6, 6.07) is 77.5. The first kappa shape index (κ1) is 35.9. The second-order valence-electron chi connectivity index (χ2n) is 15.5. The molecule has 290 valence electrons. The minimum atomic E-state index is 0.644. The van der Waals surface area contributed by atoms with Crippen LogP contribution in [0.25, 0.3) is 115 Å². The first-order valence-corrected chi connectivity index (χ1v) is 21.7. The third-order valence-corrected chi connectivity index (χ3v) is 13.0. The minimum Gasteiger partial charge on any atom is -0.309 e. The van der Waals surface area contributed by atoms with Crippen LogP contribution in [0, 0.1) is 0 Å². The van der Waals surface area contributed by atoms with E-state index in [0.717, 1.165) is 27.9 Å². The van der Waals surface area contributed by atoms with Crippen LogP contribution < -0.4 is 0 Å². The molecule has 0 amide bonds. The number of fused-ring (bicyclic) bond motifs is 6. The second kappa shape index (κ2) is 14.9. The molecular weight excluding hydrogens is 773 g/mol. The van der Waals surface area contributed by atoms with Crippen LogP contribution in [0.2, 0.25) is 0 Å². The second-order valence-corrected chi connectivity index (χ2v) is 16.6. The molecule has 0 aliphatic carbocycles. The maximum absolute atomic E-state index is 5.12. The van der Waals surface area contributed by atoms with Crippen LogP contribution in [-0.4, -0.2) is 19.5 Å². The molecule has 0 saturated heterocycles. The zero-order valence-corrected chi connectivity index (χ0v) is 34.3. The first-order valence-electron chi connectivity index (χ1n) is 20.9. The fourth-order valence-corrected chi connectivity index (χ4v) is 10.2. The molecule has 0 fully saturated rings. The van der Waals surface area contributed by atoms with E-state index in [2.05, 4.69) is 199 Å². The molecule has 12 rings (SSSR count). The Labute approximate surface area is 362 Å². The summed E-state index contributed by atoms with van der Waals surface area (Å²) in [4.78, 5) is 15.2. The number of hydrogen-bond acceptors (Lipinski definition) is 4. The maximum Gasteiger partial charge on any atom is 0.164 e. The lowest BCUT2D eigenvalue weighted by atomic mass is 9.91. The van der Waals surface area contributed by atoms with E-state index in [-0.39, 0.29) is 0 Å². The summed E-state index contributed by atoms with van der Waals surface area (Å²) in [7, 11) is 0. The Morgan fingerprint density at radius 3 is 1.56 bits per heavy atom. The molecule has 0 aliphatic heterocycles. The Kier molecular flexibility index (Phi) is 8.65. The average molecular weight is 809 g/mol. The van der Waals surface area contributed by atoms with Crippen LogP contribution in [0.1, 0.15) is 0 Å². The van der Waals surface area contributed by atoms with Crippen LogP contribution in [0.15, 0.2) is 218 Å². The lowest BCUT2D eigenvalue weighted by molar-refractivity contribution is 1.07. The number of rotatable bonds is 7. The Morgan fingerprint density at radius 1 is 0.323 bits per heavy atom. The lowest BCUT2D eigenvalue weighted by Gasteiger charge is -2.15. The highest BCUT2D eigenvalue weighted by Gasteiger charge is 2.21. The summed E-state index contributed by atoms with van der Waals surface area (Å²) in [5.41, 5.74) is 13.5. The van der Waals surface area contributed by atoms with Gasteiger partial charge < -0.3 is 4.57 Å². The predicted molar refractivity (Wildman–Crippen MR) is 260 cm³/mol. The molecule has 0 aliphatic rings. The van der Waals surface area contributed by atoms with Gasteiger partial charge in [0.25, 0.3) is 0 Å². The Hall–Kier alpha value is -7.99. The van der Waals surface area contributed by atoms with Crippen molar-refractivity contribution in [3.8, 4) is 73.2 Å². The number of hydrogen-bond donors (Lipinski definition) is 0. The lowest BCUT2D eigenvalue weighted by Crippen LogP contribution is -2.00. The Morgan fingerprint density at radius 2 is 0.823 bits per heavy atom. The SMILES string of the molecule is c1ccc(-c2ccc(-c3nc(-c4ccccc4)nc(-c4ccc5c(c4)sc4cccc(-c6ccccc6-c6cccc7c8ccccc8n(-c8ccccc8)c67)c45)n3)cc2)cc1. The fraction of sp³-hybridized carbons (Fsp3) is 0. The molecule has 0 radical (unpaired) electrons. The monoisotopic (exact) mass is 808 g/mol. The first-order chi connectivity index (χ1) is 30.7. The third-order valence-electron chi connectivity index (χ3n) is 11.9. The molecule has 0 spiro atoms. The van der Waals surface area contributed by atoms with E-state index >= 15 is 0 Å². The smallest absolute Gasteiger partial charge is 0.164 e. The van der Waals surface area contributed by atoms with E-state index < -0.39 is 0 Å². The predicted octanol–water partition coefficient (Wildman–Crippen LogP) is 15.3. The molecule has 0 saturated carbocycles. The molecule has 9 aromatic carbocycles. The van der Waals surface area contributed by atoms with E-state index in [4.69, 9.17) is 15.0 Å². The summed E-state index contributed by atoms with van der Waals surface area (Å²) >= 11 is 1.81. The minimum absolute atomic E-state index is 0.644. The van der Waals surface area contributed by atoms with Crippen molar-refractivity contribution in [2.75, 3.05) is 0 Å². The van der Waals surface area contributed by atoms with Gasteiger partial charge in [-0.3, -0.25) is 0 Å². The standard InChI is InChI=1S/C57H36N4S/c1-4-16-37(17-5-1)38-30-32-40(33-31-38)56-58-55(39-18-6-2-7-19-39)59-57(60-56)41-34-35-49-52(36-41)62-51-29-15-25-46(53(49)51)43-22-10-11-23-44(43)47-26-14-27-48-45-24-12-13-28-50(45)61(54(47)48)42-20-8-3-9-21-42/h1-36H. The molecule has 0 N–H and O–H groups in total. The topological polar surface area (TPSA) is 43.6 Å². The van der Waals surface area contributed by atoms with Gasteiger partial charge in [-0.05, 0) is 58.1 Å². The van der Waals surface area contributed by atoms with E-state index in [1.54, 1.807) is 0 Å². The van der Waals surface area contributed by atoms with Gasteiger partial charge in [0, 0.05) is 58.9 Å². The Balaban J connectivity index is 1.000. The highest BCUT2D eigenvalue weighted by Crippen LogP contribution is 2.46. The van der Waals surface area contributed by atoms with Crippen molar-refractivity contribution < 1.29 is 0 Å². The average Bonchev–Trinajstić information content (AvgIpc) is 3.90. The number of aromatic nitrogens is 4. The van der Waals surface area contributed by atoms with Crippen LogP contribution in [0.4, 0.5) is 0 Å². The van der Waals surface area contributed by atoms with E-state index in [0.29, 0.717) is 17.5 Å². The molecule has 0 bridgehead atoms. The zero-order valence-electron chi connectivity index (χ0n) is 33.5. The van der Waals surface area contributed by atoms with Crippen molar-refractivity contribution in [3.63, 3.8) is 0 Å². The fourth-order valence-electron chi connectivity index (χ4n) is 9.02. The van der Waals surface area contributed by atoms with Gasteiger partial charge in [-0.25, -0.2) is 15.0 Å². The van der Waals surface area contributed by atoms with E-state index in [1.807, 2.05) is 35.6 Å².